The number of aryl methyl sites for hydroxylation is 1. The molecular weight excluding hydrogens is 623 g/mol. The highest BCUT2D eigenvalue weighted by Crippen LogP contribution is 2.49. The molecule has 248 valence electrons. The summed E-state index contributed by atoms with van der Waals surface area (Å²) < 4.78 is 38.2. The lowest BCUT2D eigenvalue weighted by molar-refractivity contribution is -0.150. The van der Waals surface area contributed by atoms with Gasteiger partial charge in [-0.1, -0.05) is 109 Å². The van der Waals surface area contributed by atoms with Crippen molar-refractivity contribution in [3.8, 4) is 0 Å². The second-order valence-electron chi connectivity index (χ2n) is 12.7. The minimum Gasteiger partial charge on any atom is -0.356 e. The third-order valence-corrected chi connectivity index (χ3v) is 9.14. The van der Waals surface area contributed by atoms with Crippen LogP contribution in [0.4, 0.5) is 4.39 Å². The fourth-order valence-electron chi connectivity index (χ4n) is 6.93. The molecule has 1 aliphatic heterocycles. The molecule has 5 aromatic rings. The number of hydrogen-bond donors (Lipinski definition) is 0. The Bertz CT molecular complexity index is 2050. The van der Waals surface area contributed by atoms with Gasteiger partial charge in [0.05, 0.1) is 6.61 Å². The summed E-state index contributed by atoms with van der Waals surface area (Å²) in [4.78, 5) is 40.7. The molecule has 0 spiro atoms. The fraction of sp³-hybridized carbons (Fsp3) is 0.225. The first-order valence-corrected chi connectivity index (χ1v) is 16.1. The van der Waals surface area contributed by atoms with E-state index in [-0.39, 0.29) is 23.3 Å². The lowest BCUT2D eigenvalue weighted by Crippen LogP contribution is -2.47. The maximum absolute atomic E-state index is 17.1. The Kier molecular flexibility index (Phi) is 8.36. The highest BCUT2D eigenvalue weighted by molar-refractivity contribution is 5.95. The van der Waals surface area contributed by atoms with Gasteiger partial charge in [-0.25, -0.2) is 9.18 Å². The van der Waals surface area contributed by atoms with Gasteiger partial charge in [-0.05, 0) is 49.6 Å². The van der Waals surface area contributed by atoms with E-state index in [0.717, 1.165) is 21.3 Å². The summed E-state index contributed by atoms with van der Waals surface area (Å²) in [5.74, 6) is -2.62. The minimum atomic E-state index is -1.33. The summed E-state index contributed by atoms with van der Waals surface area (Å²) in [6.45, 7) is 4.69. The first-order chi connectivity index (χ1) is 23.6. The zero-order chi connectivity index (χ0) is 34.3. The number of nitrogens with zero attached hydrogens (tertiary/aromatic N) is 2. The Hall–Kier alpha value is -5.22. The van der Waals surface area contributed by atoms with Gasteiger partial charge < -0.3 is 14.2 Å². The summed E-state index contributed by atoms with van der Waals surface area (Å²) in [5.41, 5.74) is 0.00414. The maximum Gasteiger partial charge on any atom is 0.338 e. The molecule has 3 atom stereocenters. The van der Waals surface area contributed by atoms with E-state index in [4.69, 9.17) is 14.2 Å². The van der Waals surface area contributed by atoms with E-state index in [9.17, 15) is 14.4 Å². The molecule has 2 heterocycles. The molecule has 0 N–H and O–H groups in total. The molecule has 0 bridgehead atoms. The standard InChI is InChI=1S/C40H35FN2O6/c1-26-24-42(38(46)43(36(26)44)37(45)27-16-8-4-9-17-27)33-32(41)31(34-35(33)49-39(2,3)48-34)25-47-40(28-18-10-5-11-19-28,29-20-12-6-13-21-29)30-22-14-7-15-23-30/h4-24,33-35H,25H2,1-3H3. The fourth-order valence-corrected chi connectivity index (χ4v) is 6.93. The van der Waals surface area contributed by atoms with Crippen LogP contribution in [0.1, 0.15) is 52.5 Å². The highest BCUT2D eigenvalue weighted by Gasteiger charge is 2.55. The van der Waals surface area contributed by atoms with Crippen LogP contribution in [0.3, 0.4) is 0 Å². The van der Waals surface area contributed by atoms with Gasteiger partial charge in [0, 0.05) is 22.9 Å². The molecule has 0 amide bonds. The summed E-state index contributed by atoms with van der Waals surface area (Å²) in [5, 5.41) is 0. The first kappa shape index (κ1) is 32.3. The van der Waals surface area contributed by atoms with E-state index in [1.807, 2.05) is 91.0 Å². The molecule has 1 fully saturated rings. The van der Waals surface area contributed by atoms with Gasteiger partial charge in [0.15, 0.2) is 5.79 Å². The number of carbonyl (C=O) groups is 1. The number of ether oxygens (including phenoxy) is 3. The number of benzene rings is 4. The molecule has 4 aromatic carbocycles. The van der Waals surface area contributed by atoms with Crippen molar-refractivity contribution in [3.05, 3.63) is 188 Å². The van der Waals surface area contributed by atoms with Crippen molar-refractivity contribution in [2.24, 2.45) is 0 Å². The van der Waals surface area contributed by atoms with Crippen LogP contribution in [0, 0.1) is 6.92 Å². The number of hydrogen-bond acceptors (Lipinski definition) is 6. The zero-order valence-electron chi connectivity index (χ0n) is 27.3. The molecule has 1 saturated heterocycles. The van der Waals surface area contributed by atoms with Gasteiger partial charge in [0.1, 0.15) is 29.7 Å². The minimum absolute atomic E-state index is 0.0901. The lowest BCUT2D eigenvalue weighted by Gasteiger charge is -2.36. The monoisotopic (exact) mass is 658 g/mol. The SMILES string of the molecule is Cc1cn(C2C(F)=C(COC(c3ccccc3)(c3ccccc3)c3ccccc3)C3OC(C)(C)OC32)c(=O)n(C(=O)c2ccccc2)c1=O. The van der Waals surface area contributed by atoms with Crippen LogP contribution in [0.5, 0.6) is 0 Å². The molecule has 7 rings (SSSR count). The number of rotatable bonds is 8. The third-order valence-electron chi connectivity index (χ3n) is 9.14. The van der Waals surface area contributed by atoms with E-state index in [1.54, 1.807) is 32.0 Å². The molecule has 0 saturated carbocycles. The quantitative estimate of drug-likeness (QED) is 0.182. The Morgan fingerprint density at radius 3 is 1.80 bits per heavy atom. The lowest BCUT2D eigenvalue weighted by atomic mass is 9.80. The summed E-state index contributed by atoms with van der Waals surface area (Å²) >= 11 is 0. The highest BCUT2D eigenvalue weighted by atomic mass is 19.1. The van der Waals surface area contributed by atoms with Crippen LogP contribution in [-0.2, 0) is 19.8 Å². The van der Waals surface area contributed by atoms with Crippen LogP contribution in [0.25, 0.3) is 0 Å². The van der Waals surface area contributed by atoms with Crippen LogP contribution >= 0.6 is 0 Å². The van der Waals surface area contributed by atoms with E-state index in [0.29, 0.717) is 4.57 Å². The van der Waals surface area contributed by atoms with Gasteiger partial charge in [-0.15, -0.1) is 0 Å². The van der Waals surface area contributed by atoms with E-state index in [1.165, 1.54) is 25.3 Å². The predicted octanol–water partition coefficient (Wildman–Crippen LogP) is 6.31. The number of fused-ring (bicyclic) bond motifs is 1. The predicted molar refractivity (Wildman–Crippen MR) is 182 cm³/mol. The third kappa shape index (κ3) is 5.59. The Balaban J connectivity index is 1.36. The van der Waals surface area contributed by atoms with Gasteiger partial charge in [-0.2, -0.15) is 4.57 Å². The van der Waals surface area contributed by atoms with Crippen LogP contribution in [0.15, 0.2) is 149 Å². The van der Waals surface area contributed by atoms with E-state index in [2.05, 4.69) is 0 Å². The van der Waals surface area contributed by atoms with Crippen molar-refractivity contribution in [1.29, 1.82) is 0 Å². The number of aromatic nitrogens is 2. The van der Waals surface area contributed by atoms with Gasteiger partial charge >= 0.3 is 5.69 Å². The maximum atomic E-state index is 17.1. The molecule has 1 aliphatic carbocycles. The van der Waals surface area contributed by atoms with Gasteiger partial charge in [0.2, 0.25) is 0 Å². The molecular formula is C40H35FN2O6. The molecule has 49 heavy (non-hydrogen) atoms. The van der Waals surface area contributed by atoms with Gasteiger partial charge in [0.25, 0.3) is 11.5 Å². The summed E-state index contributed by atoms with van der Waals surface area (Å²) in [6.07, 6.45) is -0.623. The Labute approximate surface area is 282 Å². The molecule has 3 unspecified atom stereocenters. The Morgan fingerprint density at radius 2 is 1.29 bits per heavy atom. The van der Waals surface area contributed by atoms with Crippen LogP contribution in [0.2, 0.25) is 0 Å². The average molecular weight is 659 g/mol. The second kappa shape index (κ2) is 12.7. The largest absolute Gasteiger partial charge is 0.356 e. The van der Waals surface area contributed by atoms with Crippen molar-refractivity contribution in [2.75, 3.05) is 6.61 Å². The van der Waals surface area contributed by atoms with Gasteiger partial charge in [-0.3, -0.25) is 14.2 Å². The number of carbonyl (C=O) groups excluding carboxylic acids is 1. The molecule has 0 radical (unpaired) electrons. The smallest absolute Gasteiger partial charge is 0.338 e. The van der Waals surface area contributed by atoms with Crippen molar-refractivity contribution in [3.63, 3.8) is 0 Å². The second-order valence-corrected chi connectivity index (χ2v) is 12.7. The topological polar surface area (TPSA) is 88.8 Å². The molecule has 9 heteroatoms. The van der Waals surface area contributed by atoms with Crippen molar-refractivity contribution < 1.29 is 23.4 Å². The molecule has 8 nitrogen and oxygen atoms in total. The van der Waals surface area contributed by atoms with Crippen molar-refractivity contribution in [1.82, 2.24) is 9.13 Å². The van der Waals surface area contributed by atoms with E-state index < -0.39 is 52.6 Å². The zero-order valence-corrected chi connectivity index (χ0v) is 27.3. The van der Waals surface area contributed by atoms with Crippen LogP contribution in [-0.4, -0.2) is 39.6 Å². The Morgan fingerprint density at radius 1 is 0.796 bits per heavy atom. The summed E-state index contributed by atoms with van der Waals surface area (Å²) in [6, 6.07) is 35.8. The molecule has 2 aliphatic rings. The van der Waals surface area contributed by atoms with Crippen LogP contribution < -0.4 is 11.2 Å². The first-order valence-electron chi connectivity index (χ1n) is 16.1. The normalized spacial score (nSPS) is 20.0. The summed E-state index contributed by atoms with van der Waals surface area (Å²) in [7, 11) is 0. The molecule has 1 aromatic heterocycles. The average Bonchev–Trinajstić information content (AvgIpc) is 3.56. The van der Waals surface area contributed by atoms with Crippen molar-refractivity contribution >= 4 is 5.91 Å². The number of halogens is 1. The van der Waals surface area contributed by atoms with E-state index >= 15 is 4.39 Å². The van der Waals surface area contributed by atoms with Crippen molar-refractivity contribution in [2.45, 2.75) is 50.4 Å².